The molecule has 18 heavy (non-hydrogen) atoms. The summed E-state index contributed by atoms with van der Waals surface area (Å²) in [5, 5.41) is 7.34. The van der Waals surface area contributed by atoms with Crippen LogP contribution < -0.4 is 5.32 Å². The smallest absolute Gasteiger partial charge is 0.257 e. The lowest BCUT2D eigenvalue weighted by Gasteiger charge is -2.35. The molecule has 1 aromatic rings. The zero-order chi connectivity index (χ0) is 13.1. The van der Waals surface area contributed by atoms with Crippen molar-refractivity contribution < 1.29 is 4.79 Å². The highest BCUT2D eigenvalue weighted by Crippen LogP contribution is 2.20. The molecule has 1 atom stereocenters. The van der Waals surface area contributed by atoms with E-state index in [1.165, 1.54) is 6.42 Å². The van der Waals surface area contributed by atoms with E-state index >= 15 is 0 Å². The summed E-state index contributed by atoms with van der Waals surface area (Å²) in [5.41, 5.74) is 1.68. The van der Waals surface area contributed by atoms with E-state index in [1.54, 1.807) is 10.9 Å². The van der Waals surface area contributed by atoms with Crippen LogP contribution in [0.2, 0.25) is 0 Å². The number of piperidine rings is 1. The van der Waals surface area contributed by atoms with Crippen molar-refractivity contribution in [3.8, 4) is 0 Å². The molecule has 0 spiro atoms. The molecule has 0 radical (unpaired) electrons. The molecule has 1 aliphatic heterocycles. The minimum Gasteiger partial charge on any atom is -0.334 e. The van der Waals surface area contributed by atoms with Crippen LogP contribution in [0.15, 0.2) is 6.20 Å². The third kappa shape index (κ3) is 2.41. The predicted molar refractivity (Wildman–Crippen MR) is 70.5 cm³/mol. The van der Waals surface area contributed by atoms with Crippen molar-refractivity contribution in [2.45, 2.75) is 32.2 Å². The number of amides is 1. The zero-order valence-electron chi connectivity index (χ0n) is 11.4. The van der Waals surface area contributed by atoms with Gasteiger partial charge in [0.2, 0.25) is 0 Å². The van der Waals surface area contributed by atoms with E-state index in [4.69, 9.17) is 0 Å². The van der Waals surface area contributed by atoms with Crippen LogP contribution in [0.4, 0.5) is 0 Å². The minimum absolute atomic E-state index is 0.126. The largest absolute Gasteiger partial charge is 0.334 e. The van der Waals surface area contributed by atoms with Gasteiger partial charge in [-0.25, -0.2) is 0 Å². The second-order valence-electron chi connectivity index (χ2n) is 4.97. The molecular weight excluding hydrogens is 228 g/mol. The lowest BCUT2D eigenvalue weighted by molar-refractivity contribution is 0.0614. The third-order valence-electron chi connectivity index (χ3n) is 3.79. The Labute approximate surface area is 108 Å². The second-order valence-corrected chi connectivity index (χ2v) is 4.97. The van der Waals surface area contributed by atoms with Crippen molar-refractivity contribution in [1.82, 2.24) is 20.0 Å². The number of carbonyl (C=O) groups is 1. The average molecular weight is 250 g/mol. The van der Waals surface area contributed by atoms with Gasteiger partial charge in [0.25, 0.3) is 5.91 Å². The van der Waals surface area contributed by atoms with Gasteiger partial charge in [-0.15, -0.1) is 0 Å². The van der Waals surface area contributed by atoms with Crippen LogP contribution in [0.5, 0.6) is 0 Å². The van der Waals surface area contributed by atoms with Crippen LogP contribution >= 0.6 is 0 Å². The summed E-state index contributed by atoms with van der Waals surface area (Å²) in [6.45, 7) is 3.67. The molecule has 1 saturated heterocycles. The standard InChI is InChI=1S/C13H22N4O/c1-10-12(9-15-16(10)3)13(18)17-7-5-4-6-11(17)8-14-2/h9,11,14H,4-8H2,1-3H3. The molecule has 1 fully saturated rings. The maximum atomic E-state index is 12.6. The first-order valence-electron chi connectivity index (χ1n) is 6.59. The normalized spacial score (nSPS) is 20.2. The summed E-state index contributed by atoms with van der Waals surface area (Å²) < 4.78 is 1.75. The van der Waals surface area contributed by atoms with Gasteiger partial charge in [0.15, 0.2) is 0 Å². The Kier molecular flexibility index (Phi) is 4.01. The Morgan fingerprint density at radius 3 is 2.94 bits per heavy atom. The number of likely N-dealkylation sites (N-methyl/N-ethyl adjacent to an activating group) is 1. The number of rotatable bonds is 3. The molecule has 0 bridgehead atoms. The fourth-order valence-corrected chi connectivity index (χ4v) is 2.58. The number of nitrogens with zero attached hydrogens (tertiary/aromatic N) is 3. The van der Waals surface area contributed by atoms with Gasteiger partial charge in [0, 0.05) is 31.9 Å². The Morgan fingerprint density at radius 2 is 2.33 bits per heavy atom. The molecule has 0 aliphatic carbocycles. The van der Waals surface area contributed by atoms with Crippen molar-refractivity contribution in [3.05, 3.63) is 17.5 Å². The minimum atomic E-state index is 0.126. The van der Waals surface area contributed by atoms with Crippen LogP contribution in [0.3, 0.4) is 0 Å². The number of hydrogen-bond acceptors (Lipinski definition) is 3. The Morgan fingerprint density at radius 1 is 1.56 bits per heavy atom. The number of aromatic nitrogens is 2. The molecule has 1 N–H and O–H groups in total. The number of hydrogen-bond donors (Lipinski definition) is 1. The van der Waals surface area contributed by atoms with E-state index in [0.717, 1.165) is 37.2 Å². The predicted octanol–water partition coefficient (Wildman–Crippen LogP) is 0.943. The van der Waals surface area contributed by atoms with Crippen molar-refractivity contribution in [1.29, 1.82) is 0 Å². The van der Waals surface area contributed by atoms with E-state index in [9.17, 15) is 4.79 Å². The average Bonchev–Trinajstić information content (AvgIpc) is 2.70. The molecule has 1 aromatic heterocycles. The molecule has 1 amide bonds. The van der Waals surface area contributed by atoms with E-state index < -0.39 is 0 Å². The summed E-state index contributed by atoms with van der Waals surface area (Å²) in [7, 11) is 3.81. The first-order valence-corrected chi connectivity index (χ1v) is 6.59. The van der Waals surface area contributed by atoms with E-state index in [-0.39, 0.29) is 5.91 Å². The number of aryl methyl sites for hydroxylation is 1. The van der Waals surface area contributed by atoms with Gasteiger partial charge in [0.1, 0.15) is 0 Å². The first-order chi connectivity index (χ1) is 8.65. The van der Waals surface area contributed by atoms with Gasteiger partial charge in [-0.1, -0.05) is 0 Å². The highest BCUT2D eigenvalue weighted by atomic mass is 16.2. The SMILES string of the molecule is CNCC1CCCCN1C(=O)c1cnn(C)c1C. The van der Waals surface area contributed by atoms with Gasteiger partial charge in [-0.2, -0.15) is 5.10 Å². The van der Waals surface area contributed by atoms with E-state index in [2.05, 4.69) is 10.4 Å². The van der Waals surface area contributed by atoms with Crippen molar-refractivity contribution >= 4 is 5.91 Å². The molecule has 0 aromatic carbocycles. The second kappa shape index (κ2) is 5.52. The highest BCUT2D eigenvalue weighted by Gasteiger charge is 2.28. The Hall–Kier alpha value is -1.36. The molecule has 5 nitrogen and oxygen atoms in total. The Bertz CT molecular complexity index is 425. The summed E-state index contributed by atoms with van der Waals surface area (Å²) in [6.07, 6.45) is 5.09. The maximum absolute atomic E-state index is 12.6. The zero-order valence-corrected chi connectivity index (χ0v) is 11.4. The lowest BCUT2D eigenvalue weighted by Crippen LogP contribution is -2.48. The highest BCUT2D eigenvalue weighted by molar-refractivity contribution is 5.95. The summed E-state index contributed by atoms with van der Waals surface area (Å²) in [4.78, 5) is 14.6. The summed E-state index contributed by atoms with van der Waals surface area (Å²) in [5.74, 6) is 0.126. The van der Waals surface area contributed by atoms with Crippen molar-refractivity contribution in [2.24, 2.45) is 7.05 Å². The van der Waals surface area contributed by atoms with E-state index in [1.807, 2.05) is 25.9 Å². The van der Waals surface area contributed by atoms with Crippen LogP contribution in [0.25, 0.3) is 0 Å². The fraction of sp³-hybridized carbons (Fsp3) is 0.692. The van der Waals surface area contributed by atoms with Gasteiger partial charge < -0.3 is 10.2 Å². The molecular formula is C13H22N4O. The van der Waals surface area contributed by atoms with Gasteiger partial charge in [0.05, 0.1) is 11.8 Å². The fourth-order valence-electron chi connectivity index (χ4n) is 2.58. The molecule has 2 rings (SSSR count). The topological polar surface area (TPSA) is 50.2 Å². The first kappa shape index (κ1) is 13.1. The molecule has 5 heteroatoms. The Balaban J connectivity index is 2.18. The summed E-state index contributed by atoms with van der Waals surface area (Å²) in [6, 6.07) is 0.316. The molecule has 1 aliphatic rings. The summed E-state index contributed by atoms with van der Waals surface area (Å²) >= 11 is 0. The van der Waals surface area contributed by atoms with Crippen LogP contribution in [0, 0.1) is 6.92 Å². The third-order valence-corrected chi connectivity index (χ3v) is 3.79. The van der Waals surface area contributed by atoms with Crippen molar-refractivity contribution in [3.63, 3.8) is 0 Å². The number of nitrogens with one attached hydrogen (secondary N) is 1. The molecule has 100 valence electrons. The lowest BCUT2D eigenvalue weighted by atomic mass is 10.0. The van der Waals surface area contributed by atoms with Crippen molar-refractivity contribution in [2.75, 3.05) is 20.1 Å². The van der Waals surface area contributed by atoms with Crippen LogP contribution in [-0.4, -0.2) is 46.8 Å². The quantitative estimate of drug-likeness (QED) is 0.868. The van der Waals surface area contributed by atoms with Crippen LogP contribution in [-0.2, 0) is 7.05 Å². The molecule has 2 heterocycles. The monoisotopic (exact) mass is 250 g/mol. The molecule has 0 saturated carbocycles. The van der Waals surface area contributed by atoms with E-state index in [0.29, 0.717) is 6.04 Å². The van der Waals surface area contributed by atoms with Gasteiger partial charge >= 0.3 is 0 Å². The number of likely N-dealkylation sites (tertiary alicyclic amines) is 1. The molecule has 1 unspecified atom stereocenters. The van der Waals surface area contributed by atoms with Crippen LogP contribution in [0.1, 0.15) is 35.3 Å². The van der Waals surface area contributed by atoms with Gasteiger partial charge in [-0.3, -0.25) is 9.48 Å². The number of carbonyl (C=O) groups excluding carboxylic acids is 1. The maximum Gasteiger partial charge on any atom is 0.257 e. The van der Waals surface area contributed by atoms with Gasteiger partial charge in [-0.05, 0) is 33.2 Å².